The molecule has 1 aliphatic rings. The summed E-state index contributed by atoms with van der Waals surface area (Å²) >= 11 is 0. The van der Waals surface area contributed by atoms with Crippen molar-refractivity contribution >= 4 is 5.97 Å². The summed E-state index contributed by atoms with van der Waals surface area (Å²) in [5, 5.41) is 11.9. The lowest BCUT2D eigenvalue weighted by Gasteiger charge is -2.11. The molecular formula is C11H12FNO2. The number of carbonyl (C=O) groups is 1. The average molecular weight is 209 g/mol. The summed E-state index contributed by atoms with van der Waals surface area (Å²) in [6.07, 6.45) is 1.94. The minimum atomic E-state index is -1.10. The molecule has 1 saturated heterocycles. The largest absolute Gasteiger partial charge is 0.478 e. The normalized spacial score (nSPS) is 20.5. The van der Waals surface area contributed by atoms with Crippen molar-refractivity contribution in [3.63, 3.8) is 0 Å². The number of rotatable bonds is 2. The molecule has 0 spiro atoms. The van der Waals surface area contributed by atoms with Crippen LogP contribution < -0.4 is 5.32 Å². The second-order valence-corrected chi connectivity index (χ2v) is 3.69. The smallest absolute Gasteiger partial charge is 0.335 e. The highest BCUT2D eigenvalue weighted by Gasteiger charge is 2.20. The molecule has 15 heavy (non-hydrogen) atoms. The molecule has 3 nitrogen and oxygen atoms in total. The maximum absolute atomic E-state index is 13.6. The van der Waals surface area contributed by atoms with Crippen molar-refractivity contribution in [1.82, 2.24) is 5.32 Å². The number of nitrogens with one attached hydrogen (secondary N) is 1. The molecule has 1 fully saturated rings. The van der Waals surface area contributed by atoms with E-state index in [0.717, 1.165) is 25.5 Å². The number of halogens is 1. The van der Waals surface area contributed by atoms with E-state index >= 15 is 0 Å². The Morgan fingerprint density at radius 2 is 2.33 bits per heavy atom. The van der Waals surface area contributed by atoms with E-state index in [4.69, 9.17) is 5.11 Å². The first-order valence-corrected chi connectivity index (χ1v) is 4.94. The van der Waals surface area contributed by atoms with Gasteiger partial charge in [0.2, 0.25) is 0 Å². The van der Waals surface area contributed by atoms with Gasteiger partial charge in [-0.1, -0.05) is 6.07 Å². The number of benzene rings is 1. The molecule has 0 saturated carbocycles. The Hall–Kier alpha value is -1.42. The van der Waals surface area contributed by atoms with Crippen molar-refractivity contribution < 1.29 is 14.3 Å². The molecule has 80 valence electrons. The molecule has 1 aromatic rings. The lowest BCUT2D eigenvalue weighted by molar-refractivity contribution is 0.0696. The Morgan fingerprint density at radius 3 is 2.87 bits per heavy atom. The maximum Gasteiger partial charge on any atom is 0.335 e. The SMILES string of the molecule is O=C(O)c1ccc([C@@H]2CCCN2)c(F)c1. The summed E-state index contributed by atoms with van der Waals surface area (Å²) in [6, 6.07) is 4.12. The lowest BCUT2D eigenvalue weighted by Crippen LogP contribution is -2.14. The Bertz CT molecular complexity index is 386. The van der Waals surface area contributed by atoms with Gasteiger partial charge in [-0.3, -0.25) is 0 Å². The average Bonchev–Trinajstić information content (AvgIpc) is 2.70. The predicted molar refractivity (Wildman–Crippen MR) is 53.3 cm³/mol. The van der Waals surface area contributed by atoms with Gasteiger partial charge in [0.1, 0.15) is 5.82 Å². The Balaban J connectivity index is 2.29. The third kappa shape index (κ3) is 1.99. The zero-order chi connectivity index (χ0) is 10.8. The monoisotopic (exact) mass is 209 g/mol. The molecule has 1 heterocycles. The molecule has 0 aromatic heterocycles. The van der Waals surface area contributed by atoms with Gasteiger partial charge < -0.3 is 10.4 Å². The highest BCUT2D eigenvalue weighted by atomic mass is 19.1. The van der Waals surface area contributed by atoms with Crippen LogP contribution in [0.2, 0.25) is 0 Å². The quantitative estimate of drug-likeness (QED) is 0.782. The molecule has 0 radical (unpaired) electrons. The van der Waals surface area contributed by atoms with Crippen LogP contribution in [0.3, 0.4) is 0 Å². The van der Waals surface area contributed by atoms with Gasteiger partial charge >= 0.3 is 5.97 Å². The number of carboxylic acids is 1. The van der Waals surface area contributed by atoms with Crippen molar-refractivity contribution in [3.8, 4) is 0 Å². The molecule has 0 aliphatic carbocycles. The third-order valence-electron chi connectivity index (χ3n) is 2.68. The van der Waals surface area contributed by atoms with Crippen molar-refractivity contribution in [2.45, 2.75) is 18.9 Å². The van der Waals surface area contributed by atoms with Crippen LogP contribution in [0, 0.1) is 5.82 Å². The number of aromatic carboxylic acids is 1. The summed E-state index contributed by atoms with van der Waals surface area (Å²) in [5.74, 6) is -1.53. The third-order valence-corrected chi connectivity index (χ3v) is 2.68. The van der Waals surface area contributed by atoms with Gasteiger partial charge in [-0.05, 0) is 31.5 Å². The van der Waals surface area contributed by atoms with E-state index in [1.807, 2.05) is 0 Å². The first-order chi connectivity index (χ1) is 7.18. The minimum Gasteiger partial charge on any atom is -0.478 e. The molecule has 4 heteroatoms. The summed E-state index contributed by atoms with van der Waals surface area (Å²) in [4.78, 5) is 10.6. The zero-order valence-corrected chi connectivity index (χ0v) is 8.16. The molecule has 0 bridgehead atoms. The van der Waals surface area contributed by atoms with Crippen LogP contribution in [-0.4, -0.2) is 17.6 Å². The highest BCUT2D eigenvalue weighted by Crippen LogP contribution is 2.25. The topological polar surface area (TPSA) is 49.3 Å². The lowest BCUT2D eigenvalue weighted by atomic mass is 10.0. The van der Waals surface area contributed by atoms with Crippen molar-refractivity contribution in [2.75, 3.05) is 6.54 Å². The zero-order valence-electron chi connectivity index (χ0n) is 8.16. The fourth-order valence-electron chi connectivity index (χ4n) is 1.89. The summed E-state index contributed by atoms with van der Waals surface area (Å²) in [5.41, 5.74) is 0.562. The van der Waals surface area contributed by atoms with E-state index in [1.54, 1.807) is 6.07 Å². The predicted octanol–water partition coefficient (Wildman–Crippen LogP) is 1.95. The summed E-state index contributed by atoms with van der Waals surface area (Å²) in [7, 11) is 0. The Morgan fingerprint density at radius 1 is 1.53 bits per heavy atom. The van der Waals surface area contributed by atoms with E-state index in [0.29, 0.717) is 5.56 Å². The Labute approximate surface area is 86.9 Å². The van der Waals surface area contributed by atoms with Crippen molar-refractivity contribution in [1.29, 1.82) is 0 Å². The molecule has 1 aliphatic heterocycles. The van der Waals surface area contributed by atoms with Gasteiger partial charge in [-0.15, -0.1) is 0 Å². The molecule has 0 amide bonds. The number of hydrogen-bond donors (Lipinski definition) is 2. The van der Waals surface area contributed by atoms with E-state index in [9.17, 15) is 9.18 Å². The number of hydrogen-bond acceptors (Lipinski definition) is 2. The summed E-state index contributed by atoms with van der Waals surface area (Å²) in [6.45, 7) is 0.894. The highest BCUT2D eigenvalue weighted by molar-refractivity contribution is 5.87. The van der Waals surface area contributed by atoms with Gasteiger partial charge in [0, 0.05) is 11.6 Å². The van der Waals surface area contributed by atoms with Crippen LogP contribution in [0.15, 0.2) is 18.2 Å². The van der Waals surface area contributed by atoms with Gasteiger partial charge in [-0.2, -0.15) is 0 Å². The summed E-state index contributed by atoms with van der Waals surface area (Å²) < 4.78 is 13.6. The van der Waals surface area contributed by atoms with Gasteiger partial charge in [0.25, 0.3) is 0 Å². The van der Waals surface area contributed by atoms with Crippen LogP contribution in [-0.2, 0) is 0 Å². The Kier molecular flexibility index (Phi) is 2.68. The van der Waals surface area contributed by atoms with Gasteiger partial charge in [-0.25, -0.2) is 9.18 Å². The van der Waals surface area contributed by atoms with E-state index in [2.05, 4.69) is 5.32 Å². The van der Waals surface area contributed by atoms with Crippen LogP contribution in [0.1, 0.15) is 34.8 Å². The first-order valence-electron chi connectivity index (χ1n) is 4.94. The molecular weight excluding hydrogens is 197 g/mol. The van der Waals surface area contributed by atoms with Crippen LogP contribution in [0.4, 0.5) is 4.39 Å². The molecule has 1 atom stereocenters. The van der Waals surface area contributed by atoms with E-state index in [-0.39, 0.29) is 11.6 Å². The molecule has 0 unspecified atom stereocenters. The van der Waals surface area contributed by atoms with Crippen LogP contribution in [0.5, 0.6) is 0 Å². The fraction of sp³-hybridized carbons (Fsp3) is 0.364. The molecule has 2 N–H and O–H groups in total. The van der Waals surface area contributed by atoms with Crippen molar-refractivity contribution in [2.24, 2.45) is 0 Å². The fourth-order valence-corrected chi connectivity index (χ4v) is 1.89. The second-order valence-electron chi connectivity index (χ2n) is 3.69. The van der Waals surface area contributed by atoms with E-state index in [1.165, 1.54) is 6.07 Å². The van der Waals surface area contributed by atoms with Gasteiger partial charge in [0.05, 0.1) is 5.56 Å². The van der Waals surface area contributed by atoms with Crippen LogP contribution >= 0.6 is 0 Å². The minimum absolute atomic E-state index is 0.00533. The number of carboxylic acid groups (broad SMARTS) is 1. The van der Waals surface area contributed by atoms with E-state index < -0.39 is 11.8 Å². The standard InChI is InChI=1S/C11H12FNO2/c12-9-6-7(11(14)15)3-4-8(9)10-2-1-5-13-10/h3-4,6,10,13H,1-2,5H2,(H,14,15)/t10-/m0/s1. The van der Waals surface area contributed by atoms with Crippen LogP contribution in [0.25, 0.3) is 0 Å². The molecule has 1 aromatic carbocycles. The molecule has 2 rings (SSSR count). The van der Waals surface area contributed by atoms with Crippen molar-refractivity contribution in [3.05, 3.63) is 35.1 Å². The van der Waals surface area contributed by atoms with Gasteiger partial charge in [0.15, 0.2) is 0 Å². The maximum atomic E-state index is 13.6. The first kappa shape index (κ1) is 10.1. The second kappa shape index (κ2) is 3.98.